The number of hydrogen-bond acceptors (Lipinski definition) is 2. The number of hydrogen-bond donors (Lipinski definition) is 1. The zero-order valence-corrected chi connectivity index (χ0v) is 13.4. The Balaban J connectivity index is 1.91. The second-order valence-electron chi connectivity index (χ2n) is 5.73. The SMILES string of the molecule is Cc1cccc(-n2nc(-c3ccc(F)cc3Cl)c3c2NCC3)c1. The summed E-state index contributed by atoms with van der Waals surface area (Å²) in [4.78, 5) is 0. The van der Waals surface area contributed by atoms with Crippen molar-refractivity contribution in [3.8, 4) is 16.9 Å². The van der Waals surface area contributed by atoms with Crippen LogP contribution in [0.2, 0.25) is 5.02 Å². The Hall–Kier alpha value is -2.33. The van der Waals surface area contributed by atoms with E-state index < -0.39 is 0 Å². The Morgan fingerprint density at radius 3 is 2.87 bits per heavy atom. The summed E-state index contributed by atoms with van der Waals surface area (Å²) in [5.41, 5.74) is 4.88. The molecule has 5 heteroatoms. The number of halogens is 2. The van der Waals surface area contributed by atoms with Gasteiger partial charge in [-0.25, -0.2) is 9.07 Å². The van der Waals surface area contributed by atoms with Gasteiger partial charge in [0.05, 0.1) is 16.4 Å². The highest BCUT2D eigenvalue weighted by atomic mass is 35.5. The Bertz CT molecular complexity index is 901. The van der Waals surface area contributed by atoms with Gasteiger partial charge in [-0.15, -0.1) is 0 Å². The smallest absolute Gasteiger partial charge is 0.133 e. The summed E-state index contributed by atoms with van der Waals surface area (Å²) >= 11 is 6.24. The van der Waals surface area contributed by atoms with Gasteiger partial charge in [-0.05, 0) is 49.2 Å². The van der Waals surface area contributed by atoms with Crippen molar-refractivity contribution in [1.29, 1.82) is 0 Å². The fourth-order valence-corrected chi connectivity index (χ4v) is 3.28. The minimum absolute atomic E-state index is 0.341. The summed E-state index contributed by atoms with van der Waals surface area (Å²) in [6.07, 6.45) is 0.879. The van der Waals surface area contributed by atoms with Gasteiger partial charge in [0.15, 0.2) is 0 Å². The van der Waals surface area contributed by atoms with Crippen LogP contribution < -0.4 is 5.32 Å². The van der Waals surface area contributed by atoms with E-state index in [4.69, 9.17) is 16.7 Å². The first kappa shape index (κ1) is 14.3. The maximum Gasteiger partial charge on any atom is 0.133 e. The molecule has 4 rings (SSSR count). The van der Waals surface area contributed by atoms with Gasteiger partial charge in [-0.1, -0.05) is 23.7 Å². The van der Waals surface area contributed by atoms with E-state index in [9.17, 15) is 4.39 Å². The number of benzene rings is 2. The third-order valence-electron chi connectivity index (χ3n) is 4.08. The molecule has 1 N–H and O–H groups in total. The molecule has 0 unspecified atom stereocenters. The molecule has 0 fully saturated rings. The van der Waals surface area contributed by atoms with Gasteiger partial charge < -0.3 is 5.32 Å². The second kappa shape index (κ2) is 5.39. The van der Waals surface area contributed by atoms with Gasteiger partial charge in [0.2, 0.25) is 0 Å². The van der Waals surface area contributed by atoms with E-state index in [0.29, 0.717) is 5.02 Å². The molecule has 0 bridgehead atoms. The van der Waals surface area contributed by atoms with Crippen LogP contribution >= 0.6 is 11.6 Å². The summed E-state index contributed by atoms with van der Waals surface area (Å²) in [5.74, 6) is 0.651. The molecule has 2 heterocycles. The number of aromatic nitrogens is 2. The van der Waals surface area contributed by atoms with Crippen LogP contribution in [-0.2, 0) is 6.42 Å². The quantitative estimate of drug-likeness (QED) is 0.745. The Morgan fingerprint density at radius 1 is 1.22 bits per heavy atom. The lowest BCUT2D eigenvalue weighted by Gasteiger charge is -2.07. The summed E-state index contributed by atoms with van der Waals surface area (Å²) in [5, 5.41) is 8.53. The lowest BCUT2D eigenvalue weighted by Crippen LogP contribution is -2.04. The zero-order chi connectivity index (χ0) is 16.0. The molecule has 0 saturated heterocycles. The molecule has 0 atom stereocenters. The maximum atomic E-state index is 13.3. The van der Waals surface area contributed by atoms with E-state index in [-0.39, 0.29) is 5.82 Å². The molecule has 2 aromatic carbocycles. The normalized spacial score (nSPS) is 13.0. The number of anilines is 1. The minimum Gasteiger partial charge on any atom is -0.369 e. The number of nitrogens with one attached hydrogen (secondary N) is 1. The van der Waals surface area contributed by atoms with Crippen molar-refractivity contribution in [2.45, 2.75) is 13.3 Å². The predicted molar refractivity (Wildman–Crippen MR) is 90.9 cm³/mol. The molecule has 23 heavy (non-hydrogen) atoms. The molecule has 0 radical (unpaired) electrons. The largest absolute Gasteiger partial charge is 0.369 e. The Kier molecular flexibility index (Phi) is 3.34. The monoisotopic (exact) mass is 327 g/mol. The highest BCUT2D eigenvalue weighted by molar-refractivity contribution is 6.33. The molecular formula is C18H15ClFN3. The molecule has 0 amide bonds. The average molecular weight is 328 g/mol. The second-order valence-corrected chi connectivity index (χ2v) is 6.13. The highest BCUT2D eigenvalue weighted by Gasteiger charge is 2.25. The first-order valence-corrected chi connectivity index (χ1v) is 7.89. The third-order valence-corrected chi connectivity index (χ3v) is 4.40. The number of nitrogens with zero attached hydrogens (tertiary/aromatic N) is 2. The summed E-state index contributed by atoms with van der Waals surface area (Å²) in [6.45, 7) is 2.92. The van der Waals surface area contributed by atoms with Gasteiger partial charge in [-0.3, -0.25) is 0 Å². The Morgan fingerprint density at radius 2 is 2.09 bits per heavy atom. The van der Waals surface area contributed by atoms with Crippen LogP contribution in [0.1, 0.15) is 11.1 Å². The third kappa shape index (κ3) is 2.39. The molecule has 1 aromatic heterocycles. The minimum atomic E-state index is -0.341. The lowest BCUT2D eigenvalue weighted by atomic mass is 10.1. The van der Waals surface area contributed by atoms with E-state index in [1.54, 1.807) is 6.07 Å². The van der Waals surface area contributed by atoms with Gasteiger partial charge >= 0.3 is 0 Å². The van der Waals surface area contributed by atoms with Crippen LogP contribution in [0.3, 0.4) is 0 Å². The summed E-state index contributed by atoms with van der Waals surface area (Å²) in [6, 6.07) is 12.6. The van der Waals surface area contributed by atoms with Gasteiger partial charge in [0.25, 0.3) is 0 Å². The first-order chi connectivity index (χ1) is 11.1. The van der Waals surface area contributed by atoms with Crippen LogP contribution in [0, 0.1) is 12.7 Å². The molecule has 0 spiro atoms. The lowest BCUT2D eigenvalue weighted by molar-refractivity contribution is 0.628. The van der Waals surface area contributed by atoms with Crippen LogP contribution in [-0.4, -0.2) is 16.3 Å². The molecule has 0 aliphatic carbocycles. The predicted octanol–water partition coefficient (Wildman–Crippen LogP) is 4.61. The van der Waals surface area contributed by atoms with Crippen LogP contribution in [0.4, 0.5) is 10.2 Å². The molecule has 0 saturated carbocycles. The maximum absolute atomic E-state index is 13.3. The van der Waals surface area contributed by atoms with Gasteiger partial charge in [0, 0.05) is 17.7 Å². The topological polar surface area (TPSA) is 29.9 Å². The zero-order valence-electron chi connectivity index (χ0n) is 12.6. The van der Waals surface area contributed by atoms with Gasteiger partial charge in [0.1, 0.15) is 11.6 Å². The Labute approximate surface area is 138 Å². The first-order valence-electron chi connectivity index (χ1n) is 7.52. The summed E-state index contributed by atoms with van der Waals surface area (Å²) in [7, 11) is 0. The molecule has 1 aliphatic rings. The van der Waals surface area contributed by atoms with E-state index in [1.165, 1.54) is 17.7 Å². The molecule has 3 aromatic rings. The van der Waals surface area contributed by atoms with Crippen molar-refractivity contribution in [3.05, 3.63) is 64.4 Å². The van der Waals surface area contributed by atoms with Crippen LogP contribution in [0.5, 0.6) is 0 Å². The van der Waals surface area contributed by atoms with Gasteiger partial charge in [-0.2, -0.15) is 5.10 Å². The van der Waals surface area contributed by atoms with Crippen LogP contribution in [0.25, 0.3) is 16.9 Å². The molecule has 3 nitrogen and oxygen atoms in total. The van der Waals surface area contributed by atoms with Crippen molar-refractivity contribution < 1.29 is 4.39 Å². The van der Waals surface area contributed by atoms with E-state index in [2.05, 4.69) is 24.4 Å². The molecule has 1 aliphatic heterocycles. The van der Waals surface area contributed by atoms with Crippen molar-refractivity contribution in [2.24, 2.45) is 0 Å². The van der Waals surface area contributed by atoms with Crippen LogP contribution in [0.15, 0.2) is 42.5 Å². The van der Waals surface area contributed by atoms with Crippen molar-refractivity contribution in [1.82, 2.24) is 9.78 Å². The molecule has 116 valence electrons. The fraction of sp³-hybridized carbons (Fsp3) is 0.167. The van der Waals surface area contributed by atoms with Crippen molar-refractivity contribution in [3.63, 3.8) is 0 Å². The number of aryl methyl sites for hydroxylation is 1. The highest BCUT2D eigenvalue weighted by Crippen LogP contribution is 2.37. The average Bonchev–Trinajstić information content (AvgIpc) is 3.10. The number of rotatable bonds is 2. The molecular weight excluding hydrogens is 313 g/mol. The van der Waals surface area contributed by atoms with Crippen molar-refractivity contribution >= 4 is 17.4 Å². The van der Waals surface area contributed by atoms with E-state index in [1.807, 2.05) is 16.8 Å². The standard InChI is InChI=1S/C18H15ClFN3/c1-11-3-2-4-13(9-11)23-18-15(7-8-21-18)17(22-23)14-6-5-12(20)10-16(14)19/h2-6,9-10,21H,7-8H2,1H3. The van der Waals surface area contributed by atoms with Crippen molar-refractivity contribution in [2.75, 3.05) is 11.9 Å². The number of fused-ring (bicyclic) bond motifs is 1. The fourth-order valence-electron chi connectivity index (χ4n) is 3.02. The summed E-state index contributed by atoms with van der Waals surface area (Å²) < 4.78 is 15.2. The van der Waals surface area contributed by atoms with E-state index >= 15 is 0 Å². The van der Waals surface area contributed by atoms with E-state index in [0.717, 1.165) is 41.3 Å².